The van der Waals surface area contributed by atoms with E-state index in [9.17, 15) is 5.11 Å². The van der Waals surface area contributed by atoms with Crippen molar-refractivity contribution in [2.24, 2.45) is 5.92 Å². The van der Waals surface area contributed by atoms with Gasteiger partial charge in [0.2, 0.25) is 0 Å². The lowest BCUT2D eigenvalue weighted by Gasteiger charge is -2.33. The molecule has 4 nitrogen and oxygen atoms in total. The summed E-state index contributed by atoms with van der Waals surface area (Å²) >= 11 is 0. The molecule has 122 valence electrons. The van der Waals surface area contributed by atoms with Crippen LogP contribution in [0.4, 0.5) is 0 Å². The predicted molar refractivity (Wildman–Crippen MR) is 87.6 cm³/mol. The summed E-state index contributed by atoms with van der Waals surface area (Å²) in [4.78, 5) is 2.31. The molecule has 0 bridgehead atoms. The van der Waals surface area contributed by atoms with Gasteiger partial charge in [0.15, 0.2) is 11.5 Å². The summed E-state index contributed by atoms with van der Waals surface area (Å²) in [6.07, 6.45) is 6.90. The first-order valence-electron chi connectivity index (χ1n) is 8.32. The molecule has 23 heavy (non-hydrogen) atoms. The second-order valence-corrected chi connectivity index (χ2v) is 7.03. The minimum Gasteiger partial charge on any atom is -0.493 e. The van der Waals surface area contributed by atoms with Crippen molar-refractivity contribution in [3.8, 4) is 23.8 Å². The molecular weight excluding hydrogens is 290 g/mol. The van der Waals surface area contributed by atoms with Crippen molar-refractivity contribution >= 4 is 0 Å². The van der Waals surface area contributed by atoms with Gasteiger partial charge in [-0.1, -0.05) is 18.9 Å². The molecule has 0 saturated heterocycles. The number of hydrogen-bond donors (Lipinski definition) is 1. The molecule has 1 aliphatic carbocycles. The quantitative estimate of drug-likeness (QED) is 0.847. The monoisotopic (exact) mass is 313 g/mol. The number of methoxy groups -OCH3 is 1. The van der Waals surface area contributed by atoms with Crippen LogP contribution in [0.5, 0.6) is 11.5 Å². The third kappa shape index (κ3) is 1.87. The molecule has 2 aliphatic heterocycles. The predicted octanol–water partition coefficient (Wildman–Crippen LogP) is 1.93. The number of rotatable bonds is 2. The molecule has 4 heteroatoms. The number of aliphatic hydroxyl groups excluding tert-OH is 1. The Hall–Kier alpha value is -1.70. The maximum absolute atomic E-state index is 10.5. The summed E-state index contributed by atoms with van der Waals surface area (Å²) in [7, 11) is 1.68. The minimum atomic E-state index is -0.314. The van der Waals surface area contributed by atoms with E-state index in [1.165, 1.54) is 11.1 Å². The number of nitrogens with zero attached hydrogens (tertiary/aromatic N) is 1. The Morgan fingerprint density at radius 3 is 3.09 bits per heavy atom. The molecule has 2 heterocycles. The van der Waals surface area contributed by atoms with Gasteiger partial charge in [-0.15, -0.1) is 6.42 Å². The molecule has 0 aromatic heterocycles. The van der Waals surface area contributed by atoms with E-state index in [0.29, 0.717) is 13.0 Å². The number of benzene rings is 1. The van der Waals surface area contributed by atoms with Crippen molar-refractivity contribution in [1.82, 2.24) is 4.90 Å². The van der Waals surface area contributed by atoms with Gasteiger partial charge in [-0.2, -0.15) is 0 Å². The average Bonchev–Trinajstić information content (AvgIpc) is 2.90. The molecule has 4 rings (SSSR count). The maximum Gasteiger partial charge on any atom is 0.165 e. The normalized spacial score (nSPS) is 35.0. The van der Waals surface area contributed by atoms with Gasteiger partial charge in [0, 0.05) is 30.5 Å². The fourth-order valence-electron chi connectivity index (χ4n) is 4.92. The van der Waals surface area contributed by atoms with Crippen LogP contribution in [0.2, 0.25) is 0 Å². The van der Waals surface area contributed by atoms with E-state index in [4.69, 9.17) is 15.9 Å². The lowest BCUT2D eigenvalue weighted by atomic mass is 9.69. The fourth-order valence-corrected chi connectivity index (χ4v) is 4.92. The molecule has 1 aromatic carbocycles. The Bertz CT molecular complexity index is 680. The molecule has 1 unspecified atom stereocenters. The van der Waals surface area contributed by atoms with Crippen LogP contribution in [-0.2, 0) is 12.0 Å². The third-order valence-corrected chi connectivity index (χ3v) is 6.12. The molecule has 1 saturated carbocycles. The standard InChI is InChI=1S/C19H23NO3/c1-4-8-20-9-7-19-12(2)14(21)10-16(19)23-18-15(22-3)6-5-13(11-20)17(18)19/h1,5-6,12,14,16,21H,7-11H2,2-3H3/t12?,14-,16+,19-/m1/s1. The fraction of sp³-hybridized carbons (Fsp3) is 0.579. The zero-order chi connectivity index (χ0) is 16.2. The van der Waals surface area contributed by atoms with Gasteiger partial charge < -0.3 is 14.6 Å². The minimum absolute atomic E-state index is 0.0309. The zero-order valence-electron chi connectivity index (χ0n) is 13.7. The Labute approximate surface area is 137 Å². The first kappa shape index (κ1) is 14.9. The highest BCUT2D eigenvalue weighted by molar-refractivity contribution is 5.59. The van der Waals surface area contributed by atoms with Gasteiger partial charge >= 0.3 is 0 Å². The van der Waals surface area contributed by atoms with Gasteiger partial charge in [-0.05, 0) is 24.0 Å². The van der Waals surface area contributed by atoms with Crippen molar-refractivity contribution < 1.29 is 14.6 Å². The summed E-state index contributed by atoms with van der Waals surface area (Å²) in [5, 5.41) is 10.5. The van der Waals surface area contributed by atoms with Crippen molar-refractivity contribution in [2.45, 2.75) is 43.9 Å². The van der Waals surface area contributed by atoms with E-state index in [1.807, 2.05) is 6.07 Å². The third-order valence-electron chi connectivity index (χ3n) is 6.12. The number of terminal acetylenes is 1. The van der Waals surface area contributed by atoms with Crippen LogP contribution in [0.1, 0.15) is 30.9 Å². The zero-order valence-corrected chi connectivity index (χ0v) is 13.7. The largest absolute Gasteiger partial charge is 0.493 e. The maximum atomic E-state index is 10.5. The number of ether oxygens (including phenoxy) is 2. The summed E-state index contributed by atoms with van der Waals surface area (Å²) in [5.74, 6) is 4.62. The summed E-state index contributed by atoms with van der Waals surface area (Å²) < 4.78 is 11.9. The van der Waals surface area contributed by atoms with E-state index in [2.05, 4.69) is 23.8 Å². The van der Waals surface area contributed by atoms with Crippen molar-refractivity contribution in [3.63, 3.8) is 0 Å². The van der Waals surface area contributed by atoms with Crippen LogP contribution in [0.3, 0.4) is 0 Å². The summed E-state index contributed by atoms with van der Waals surface area (Å²) in [6.45, 7) is 4.57. The number of hydrogen-bond acceptors (Lipinski definition) is 4. The van der Waals surface area contributed by atoms with Crippen LogP contribution in [0.25, 0.3) is 0 Å². The first-order chi connectivity index (χ1) is 11.1. The van der Waals surface area contributed by atoms with Crippen molar-refractivity contribution in [1.29, 1.82) is 0 Å². The van der Waals surface area contributed by atoms with E-state index in [-0.39, 0.29) is 23.5 Å². The van der Waals surface area contributed by atoms with Crippen molar-refractivity contribution in [2.75, 3.05) is 20.2 Å². The SMILES string of the molecule is C#CCN1CC[C@]23c4c(ccc(OC)c4O[C@H]2C[C@@H](O)C3C)C1. The lowest BCUT2D eigenvalue weighted by Crippen LogP contribution is -2.40. The first-order valence-corrected chi connectivity index (χ1v) is 8.32. The summed E-state index contributed by atoms with van der Waals surface area (Å²) in [5.41, 5.74) is 2.39. The van der Waals surface area contributed by atoms with Crippen LogP contribution in [0.15, 0.2) is 12.1 Å². The van der Waals surface area contributed by atoms with Gasteiger partial charge in [0.25, 0.3) is 0 Å². The smallest absolute Gasteiger partial charge is 0.165 e. The Balaban J connectivity index is 1.90. The molecule has 1 N–H and O–H groups in total. The van der Waals surface area contributed by atoms with E-state index in [0.717, 1.165) is 31.0 Å². The molecular formula is C19H23NO3. The van der Waals surface area contributed by atoms with Gasteiger partial charge in [-0.25, -0.2) is 0 Å². The van der Waals surface area contributed by atoms with Crippen LogP contribution in [0, 0.1) is 18.3 Å². The highest BCUT2D eigenvalue weighted by atomic mass is 16.5. The topological polar surface area (TPSA) is 41.9 Å². The molecule has 4 atom stereocenters. The van der Waals surface area contributed by atoms with E-state index < -0.39 is 0 Å². The highest BCUT2D eigenvalue weighted by Gasteiger charge is 2.61. The van der Waals surface area contributed by atoms with E-state index in [1.54, 1.807) is 7.11 Å². The highest BCUT2D eigenvalue weighted by Crippen LogP contribution is 2.60. The second-order valence-electron chi connectivity index (χ2n) is 7.03. The molecule has 1 spiro atoms. The Kier molecular flexibility index (Phi) is 3.33. The van der Waals surface area contributed by atoms with Gasteiger partial charge in [0.05, 0.1) is 19.8 Å². The van der Waals surface area contributed by atoms with Crippen LogP contribution in [-0.4, -0.2) is 42.4 Å². The van der Waals surface area contributed by atoms with Gasteiger partial charge in [0.1, 0.15) is 6.10 Å². The summed E-state index contributed by atoms with van der Waals surface area (Å²) in [6, 6.07) is 4.13. The molecule has 0 radical (unpaired) electrons. The lowest BCUT2D eigenvalue weighted by molar-refractivity contribution is 0.111. The Morgan fingerprint density at radius 1 is 1.52 bits per heavy atom. The van der Waals surface area contributed by atoms with Crippen molar-refractivity contribution in [3.05, 3.63) is 23.3 Å². The number of aliphatic hydroxyl groups is 1. The van der Waals surface area contributed by atoms with Gasteiger partial charge in [-0.3, -0.25) is 4.90 Å². The van der Waals surface area contributed by atoms with E-state index >= 15 is 0 Å². The van der Waals surface area contributed by atoms with Crippen LogP contribution >= 0.6 is 0 Å². The molecule has 3 aliphatic rings. The molecule has 0 amide bonds. The van der Waals surface area contributed by atoms with Crippen LogP contribution < -0.4 is 9.47 Å². The second kappa shape index (κ2) is 5.15. The molecule has 1 aromatic rings. The Morgan fingerprint density at radius 2 is 2.35 bits per heavy atom. The average molecular weight is 313 g/mol. The molecule has 1 fully saturated rings.